The molecule has 0 radical (unpaired) electrons. The highest BCUT2D eigenvalue weighted by Crippen LogP contribution is 2.42. The molecule has 23 heavy (non-hydrogen) atoms. The SMILES string of the molecule is CC(C)(C)[Si](C)(C)O[C@@H]1[C@H](CO)OC[C@H]1O[Si](C)(C)C(C)(C)C. The number of hydrogen-bond acceptors (Lipinski definition) is 4. The molecule has 1 rings (SSSR count). The molecule has 0 saturated carbocycles. The Bertz CT molecular complexity index is 396. The number of aliphatic hydroxyl groups excluding tert-OH is 1. The summed E-state index contributed by atoms with van der Waals surface area (Å²) < 4.78 is 18.9. The van der Waals surface area contributed by atoms with Crippen molar-refractivity contribution < 1.29 is 18.7 Å². The minimum absolute atomic E-state index is 0.0172. The molecule has 1 aliphatic heterocycles. The van der Waals surface area contributed by atoms with E-state index in [4.69, 9.17) is 13.6 Å². The minimum atomic E-state index is -1.95. The monoisotopic (exact) mass is 362 g/mol. The van der Waals surface area contributed by atoms with E-state index in [2.05, 4.69) is 67.7 Å². The van der Waals surface area contributed by atoms with Gasteiger partial charge in [-0.25, -0.2) is 0 Å². The Kier molecular flexibility index (Phi) is 6.38. The molecular weight excluding hydrogens is 324 g/mol. The van der Waals surface area contributed by atoms with Crippen molar-refractivity contribution in [3.05, 3.63) is 0 Å². The van der Waals surface area contributed by atoms with Crippen LogP contribution in [0.5, 0.6) is 0 Å². The van der Waals surface area contributed by atoms with Crippen LogP contribution in [0.1, 0.15) is 41.5 Å². The third kappa shape index (κ3) is 4.89. The largest absolute Gasteiger partial charge is 0.409 e. The highest BCUT2D eigenvalue weighted by atomic mass is 28.4. The predicted octanol–water partition coefficient (Wildman–Crippen LogP) is 4.16. The van der Waals surface area contributed by atoms with Gasteiger partial charge in [0, 0.05) is 0 Å². The van der Waals surface area contributed by atoms with Gasteiger partial charge in [-0.2, -0.15) is 0 Å². The summed E-state index contributed by atoms with van der Waals surface area (Å²) in [5, 5.41) is 9.95. The zero-order valence-electron chi connectivity index (χ0n) is 16.8. The van der Waals surface area contributed by atoms with E-state index < -0.39 is 16.6 Å². The third-order valence-electron chi connectivity index (χ3n) is 5.88. The van der Waals surface area contributed by atoms with Crippen molar-refractivity contribution in [1.29, 1.82) is 0 Å². The van der Waals surface area contributed by atoms with Crippen LogP contribution in [0.3, 0.4) is 0 Å². The van der Waals surface area contributed by atoms with E-state index in [0.717, 1.165) is 0 Å². The van der Waals surface area contributed by atoms with Gasteiger partial charge in [-0.05, 0) is 36.3 Å². The summed E-state index contributed by atoms with van der Waals surface area (Å²) in [6.45, 7) is 22.9. The molecule has 0 aromatic carbocycles. The molecule has 0 unspecified atom stereocenters. The van der Waals surface area contributed by atoms with E-state index in [9.17, 15) is 5.11 Å². The average molecular weight is 363 g/mol. The first kappa shape index (κ1) is 21.3. The Morgan fingerprint density at radius 1 is 0.913 bits per heavy atom. The first-order valence-electron chi connectivity index (χ1n) is 8.70. The fraction of sp³-hybridized carbons (Fsp3) is 1.00. The van der Waals surface area contributed by atoms with Gasteiger partial charge in [0.2, 0.25) is 0 Å². The lowest BCUT2D eigenvalue weighted by Gasteiger charge is -2.43. The second-order valence-corrected chi connectivity index (χ2v) is 19.3. The molecule has 1 N–H and O–H groups in total. The second kappa shape index (κ2) is 6.88. The van der Waals surface area contributed by atoms with Crippen LogP contribution in [-0.4, -0.2) is 53.3 Å². The zero-order valence-corrected chi connectivity index (χ0v) is 18.8. The van der Waals surface area contributed by atoms with Gasteiger partial charge in [0.1, 0.15) is 12.2 Å². The van der Waals surface area contributed by atoms with Gasteiger partial charge in [-0.1, -0.05) is 41.5 Å². The van der Waals surface area contributed by atoms with Crippen molar-refractivity contribution in [2.45, 2.75) is 96.1 Å². The Morgan fingerprint density at radius 2 is 1.35 bits per heavy atom. The molecule has 1 fully saturated rings. The van der Waals surface area contributed by atoms with Crippen LogP contribution in [0.25, 0.3) is 0 Å². The smallest absolute Gasteiger partial charge is 0.192 e. The number of rotatable bonds is 5. The van der Waals surface area contributed by atoms with E-state index in [1.807, 2.05) is 0 Å². The van der Waals surface area contributed by atoms with E-state index in [1.165, 1.54) is 0 Å². The van der Waals surface area contributed by atoms with E-state index in [-0.39, 0.29) is 35.0 Å². The van der Waals surface area contributed by atoms with Gasteiger partial charge in [0.05, 0.1) is 19.3 Å². The minimum Gasteiger partial charge on any atom is -0.409 e. The van der Waals surface area contributed by atoms with Crippen LogP contribution >= 0.6 is 0 Å². The number of aliphatic hydroxyl groups is 1. The van der Waals surface area contributed by atoms with Crippen molar-refractivity contribution in [3.63, 3.8) is 0 Å². The normalized spacial score (nSPS) is 27.5. The van der Waals surface area contributed by atoms with Crippen LogP contribution in [0.15, 0.2) is 0 Å². The molecule has 4 nitrogen and oxygen atoms in total. The van der Waals surface area contributed by atoms with Gasteiger partial charge < -0.3 is 18.7 Å². The van der Waals surface area contributed by atoms with E-state index in [1.54, 1.807) is 0 Å². The van der Waals surface area contributed by atoms with E-state index >= 15 is 0 Å². The maximum Gasteiger partial charge on any atom is 0.192 e. The summed E-state index contributed by atoms with van der Waals surface area (Å²) in [6.07, 6.45) is -0.531. The lowest BCUT2D eigenvalue weighted by Crippen LogP contribution is -2.53. The molecule has 3 atom stereocenters. The Morgan fingerprint density at radius 3 is 1.74 bits per heavy atom. The molecule has 138 valence electrons. The van der Waals surface area contributed by atoms with Crippen molar-refractivity contribution in [2.24, 2.45) is 0 Å². The highest BCUT2D eigenvalue weighted by Gasteiger charge is 2.49. The Hall–Kier alpha value is 0.274. The van der Waals surface area contributed by atoms with Gasteiger partial charge in [0.25, 0.3) is 0 Å². The first-order chi connectivity index (χ1) is 10.1. The molecule has 0 bridgehead atoms. The molecule has 0 amide bonds. The lowest BCUT2D eigenvalue weighted by molar-refractivity contribution is 0.00163. The molecule has 0 aromatic rings. The van der Waals surface area contributed by atoms with Crippen molar-refractivity contribution in [3.8, 4) is 0 Å². The molecule has 1 saturated heterocycles. The fourth-order valence-corrected chi connectivity index (χ4v) is 4.78. The van der Waals surface area contributed by atoms with E-state index in [0.29, 0.717) is 6.61 Å². The average Bonchev–Trinajstić information content (AvgIpc) is 2.67. The van der Waals surface area contributed by atoms with Crippen molar-refractivity contribution >= 4 is 16.6 Å². The fourth-order valence-electron chi connectivity index (χ4n) is 2.13. The summed E-state index contributed by atoms with van der Waals surface area (Å²) in [5.41, 5.74) is 0. The van der Waals surface area contributed by atoms with Gasteiger partial charge in [0.15, 0.2) is 16.6 Å². The summed E-state index contributed by atoms with van der Waals surface area (Å²) in [4.78, 5) is 0. The molecule has 1 aliphatic rings. The summed E-state index contributed by atoms with van der Waals surface area (Å²) in [6, 6.07) is 0. The molecule has 6 heteroatoms. The quantitative estimate of drug-likeness (QED) is 0.746. The summed E-state index contributed by atoms with van der Waals surface area (Å²) >= 11 is 0. The van der Waals surface area contributed by atoms with Crippen LogP contribution < -0.4 is 0 Å². The molecule has 0 aromatic heterocycles. The first-order valence-corrected chi connectivity index (χ1v) is 14.5. The van der Waals surface area contributed by atoms with Crippen LogP contribution in [0, 0.1) is 0 Å². The lowest BCUT2D eigenvalue weighted by atomic mass is 10.2. The predicted molar refractivity (Wildman–Crippen MR) is 101 cm³/mol. The number of hydrogen-bond donors (Lipinski definition) is 1. The summed E-state index contributed by atoms with van der Waals surface area (Å²) in [7, 11) is -3.85. The van der Waals surface area contributed by atoms with Crippen LogP contribution in [0.2, 0.25) is 36.3 Å². The van der Waals surface area contributed by atoms with Gasteiger partial charge in [-0.15, -0.1) is 0 Å². The maximum atomic E-state index is 9.68. The number of ether oxygens (including phenoxy) is 1. The Balaban J connectivity index is 2.96. The maximum absolute atomic E-state index is 9.68. The molecule has 0 aliphatic carbocycles. The third-order valence-corrected chi connectivity index (χ3v) is 14.9. The highest BCUT2D eigenvalue weighted by molar-refractivity contribution is 6.74. The van der Waals surface area contributed by atoms with Crippen molar-refractivity contribution in [2.75, 3.05) is 13.2 Å². The van der Waals surface area contributed by atoms with Gasteiger partial charge in [-0.3, -0.25) is 0 Å². The zero-order chi connectivity index (χ0) is 18.3. The molecule has 1 heterocycles. The second-order valence-electron chi connectivity index (χ2n) is 9.81. The molecule has 0 spiro atoms. The Labute approximate surface area is 145 Å². The molecular formula is C17H38O4Si2. The van der Waals surface area contributed by atoms with Gasteiger partial charge >= 0.3 is 0 Å². The topological polar surface area (TPSA) is 47.9 Å². The van der Waals surface area contributed by atoms with Crippen molar-refractivity contribution in [1.82, 2.24) is 0 Å². The van der Waals surface area contributed by atoms with Crippen LogP contribution in [0.4, 0.5) is 0 Å². The van der Waals surface area contributed by atoms with Crippen LogP contribution in [-0.2, 0) is 13.6 Å². The summed E-state index contributed by atoms with van der Waals surface area (Å²) in [5.74, 6) is 0. The standard InChI is InChI=1S/C17H38O4Si2/c1-16(2,3)22(7,8)20-14-12-19-13(11-18)15(14)21-23(9,10)17(4,5)6/h13-15,18H,11-12H2,1-10H3/t13-,14+,15+/m0/s1.